The normalized spacial score (nSPS) is 13.2. The average Bonchev–Trinajstić information content (AvgIpc) is 2.30. The maximum absolute atomic E-state index is 11.3. The summed E-state index contributed by atoms with van der Waals surface area (Å²) in [7, 11) is 0. The van der Waals surface area contributed by atoms with E-state index in [2.05, 4.69) is 0 Å². The molecule has 0 aromatic heterocycles. The van der Waals surface area contributed by atoms with Crippen LogP contribution in [-0.4, -0.2) is 5.78 Å². The Morgan fingerprint density at radius 2 is 1.67 bits per heavy atom. The Morgan fingerprint density at radius 3 is 2.50 bits per heavy atom. The van der Waals surface area contributed by atoms with Gasteiger partial charge >= 0.3 is 0 Å². The van der Waals surface area contributed by atoms with E-state index in [1.54, 1.807) is 24.3 Å². The average molecular weight is 158 g/mol. The molecule has 2 heteroatoms. The Labute approximate surface area is 69.2 Å². The summed E-state index contributed by atoms with van der Waals surface area (Å²) in [5.74, 6) is -0.0849. The van der Waals surface area contributed by atoms with Crippen molar-refractivity contribution in [2.45, 2.75) is 0 Å². The maximum Gasteiger partial charge on any atom is 0.186 e. The molecule has 0 N–H and O–H groups in total. The van der Waals surface area contributed by atoms with E-state index in [4.69, 9.17) is 0 Å². The van der Waals surface area contributed by atoms with Crippen LogP contribution in [0.1, 0.15) is 15.9 Å². The van der Waals surface area contributed by atoms with Crippen LogP contribution in [0.5, 0.6) is 0 Å². The fraction of sp³-hybridized carbons (Fsp3) is 0. The monoisotopic (exact) mass is 158 g/mol. The molecule has 0 saturated carbocycles. The third-order valence-electron chi connectivity index (χ3n) is 1.84. The van der Waals surface area contributed by atoms with Crippen LogP contribution in [0.3, 0.4) is 0 Å². The second kappa shape index (κ2) is 2.41. The van der Waals surface area contributed by atoms with Gasteiger partial charge in [0.25, 0.3) is 0 Å². The fourth-order valence-corrected chi connectivity index (χ4v) is 1.24. The molecule has 2 nitrogen and oxygen atoms in total. The minimum atomic E-state index is -0.0999. The zero-order valence-corrected chi connectivity index (χ0v) is 6.28. The Hall–Kier alpha value is -1.70. The molecule has 0 radical (unpaired) electrons. The predicted octanol–water partition coefficient (Wildman–Crippen LogP) is 1.26. The highest BCUT2D eigenvalue weighted by atomic mass is 16.1. The van der Waals surface area contributed by atoms with Crippen molar-refractivity contribution in [1.82, 2.24) is 0 Å². The Kier molecular flexibility index (Phi) is 1.40. The summed E-state index contributed by atoms with van der Waals surface area (Å²) in [6.07, 6.45) is 2.99. The van der Waals surface area contributed by atoms with E-state index in [1.807, 2.05) is 0 Å². The molecule has 0 aliphatic heterocycles. The first-order chi connectivity index (χ1) is 5.79. The van der Waals surface area contributed by atoms with Gasteiger partial charge in [-0.05, 0) is 18.2 Å². The van der Waals surface area contributed by atoms with Gasteiger partial charge in [0.1, 0.15) is 0 Å². The summed E-state index contributed by atoms with van der Waals surface area (Å²) in [4.78, 5) is 22.4. The van der Waals surface area contributed by atoms with Crippen molar-refractivity contribution in [3.8, 4) is 0 Å². The summed E-state index contributed by atoms with van der Waals surface area (Å²) in [5, 5.41) is 0. The van der Waals surface area contributed by atoms with Crippen LogP contribution in [0.4, 0.5) is 0 Å². The van der Waals surface area contributed by atoms with Crippen molar-refractivity contribution in [2.75, 3.05) is 0 Å². The number of ketones is 1. The molecular formula is C10H6O2. The molecule has 1 aromatic carbocycles. The third kappa shape index (κ3) is 0.889. The zero-order valence-electron chi connectivity index (χ0n) is 6.28. The van der Waals surface area contributed by atoms with Crippen LogP contribution in [0, 0.1) is 0 Å². The van der Waals surface area contributed by atoms with Gasteiger partial charge in [0, 0.05) is 11.1 Å². The standard InChI is InChI=1S/C10H6O2/c11-9-4-2-1-3-7-8(9)5-6-10(7)12/h1-6H. The highest BCUT2D eigenvalue weighted by molar-refractivity contribution is 6.13. The molecule has 12 heavy (non-hydrogen) atoms. The number of hydrogen-bond donors (Lipinski definition) is 0. The number of allylic oxidation sites excluding steroid dienone is 1. The first kappa shape index (κ1) is 6.98. The molecule has 1 aliphatic carbocycles. The van der Waals surface area contributed by atoms with Gasteiger partial charge in [-0.3, -0.25) is 9.59 Å². The molecule has 0 bridgehead atoms. The van der Waals surface area contributed by atoms with Crippen LogP contribution in [-0.2, 0) is 0 Å². The van der Waals surface area contributed by atoms with Crippen LogP contribution < -0.4 is 5.43 Å². The largest absolute Gasteiger partial charge is 0.289 e. The third-order valence-corrected chi connectivity index (χ3v) is 1.84. The lowest BCUT2D eigenvalue weighted by atomic mass is 10.2. The van der Waals surface area contributed by atoms with E-state index in [0.717, 1.165) is 0 Å². The smallest absolute Gasteiger partial charge is 0.186 e. The van der Waals surface area contributed by atoms with Gasteiger partial charge in [0.2, 0.25) is 0 Å². The van der Waals surface area contributed by atoms with E-state index in [0.29, 0.717) is 11.1 Å². The Morgan fingerprint density at radius 1 is 0.917 bits per heavy atom. The van der Waals surface area contributed by atoms with Gasteiger partial charge < -0.3 is 0 Å². The second-order valence-electron chi connectivity index (χ2n) is 2.61. The lowest BCUT2D eigenvalue weighted by molar-refractivity contribution is 0.105. The fourth-order valence-electron chi connectivity index (χ4n) is 1.24. The molecule has 0 fully saturated rings. The minimum Gasteiger partial charge on any atom is -0.289 e. The molecule has 0 amide bonds. The Bertz CT molecular complexity index is 430. The molecule has 1 aliphatic rings. The van der Waals surface area contributed by atoms with E-state index >= 15 is 0 Å². The van der Waals surface area contributed by atoms with Crippen molar-refractivity contribution in [3.63, 3.8) is 0 Å². The number of hydrogen-bond acceptors (Lipinski definition) is 2. The summed E-state index contributed by atoms with van der Waals surface area (Å²) in [5.41, 5.74) is 0.909. The summed E-state index contributed by atoms with van der Waals surface area (Å²) in [6, 6.07) is 6.47. The van der Waals surface area contributed by atoms with Crippen LogP contribution in [0.2, 0.25) is 0 Å². The second-order valence-corrected chi connectivity index (χ2v) is 2.61. The van der Waals surface area contributed by atoms with Crippen LogP contribution in [0.25, 0.3) is 6.08 Å². The van der Waals surface area contributed by atoms with Crippen molar-refractivity contribution in [2.24, 2.45) is 0 Å². The van der Waals surface area contributed by atoms with Gasteiger partial charge in [-0.15, -0.1) is 0 Å². The van der Waals surface area contributed by atoms with Crippen molar-refractivity contribution >= 4 is 11.9 Å². The summed E-state index contributed by atoms with van der Waals surface area (Å²) < 4.78 is 0. The first-order valence-electron chi connectivity index (χ1n) is 3.65. The number of fused-ring (bicyclic) bond motifs is 1. The van der Waals surface area contributed by atoms with E-state index in [-0.39, 0.29) is 11.2 Å². The zero-order chi connectivity index (χ0) is 8.55. The van der Waals surface area contributed by atoms with Gasteiger partial charge in [0.05, 0.1) is 0 Å². The number of carbonyl (C=O) groups is 1. The minimum absolute atomic E-state index is 0.0849. The van der Waals surface area contributed by atoms with Crippen LogP contribution in [0.15, 0.2) is 35.1 Å². The van der Waals surface area contributed by atoms with E-state index in [9.17, 15) is 9.59 Å². The van der Waals surface area contributed by atoms with E-state index < -0.39 is 0 Å². The van der Waals surface area contributed by atoms with Gasteiger partial charge in [-0.25, -0.2) is 0 Å². The molecule has 58 valence electrons. The molecule has 0 saturated heterocycles. The highest BCUT2D eigenvalue weighted by Gasteiger charge is 2.13. The molecule has 0 spiro atoms. The predicted molar refractivity (Wildman–Crippen MR) is 46.1 cm³/mol. The van der Waals surface area contributed by atoms with Gasteiger partial charge in [0.15, 0.2) is 11.2 Å². The number of carbonyl (C=O) groups excluding carboxylic acids is 1. The lowest BCUT2D eigenvalue weighted by Gasteiger charge is -1.85. The quantitative estimate of drug-likeness (QED) is 0.569. The van der Waals surface area contributed by atoms with Gasteiger partial charge in [-0.1, -0.05) is 18.2 Å². The Balaban J connectivity index is 2.88. The molecule has 0 atom stereocenters. The van der Waals surface area contributed by atoms with Gasteiger partial charge in [-0.2, -0.15) is 0 Å². The highest BCUT2D eigenvalue weighted by Crippen LogP contribution is 2.13. The van der Waals surface area contributed by atoms with E-state index in [1.165, 1.54) is 12.1 Å². The topological polar surface area (TPSA) is 34.1 Å². The SMILES string of the molecule is O=C1C=Cc2c1ccccc2=O. The van der Waals surface area contributed by atoms with Crippen molar-refractivity contribution < 1.29 is 4.79 Å². The van der Waals surface area contributed by atoms with Crippen molar-refractivity contribution in [3.05, 3.63) is 51.7 Å². The maximum atomic E-state index is 11.3. The molecule has 1 aromatic rings. The van der Waals surface area contributed by atoms with Crippen molar-refractivity contribution in [1.29, 1.82) is 0 Å². The van der Waals surface area contributed by atoms with Crippen LogP contribution >= 0.6 is 0 Å². The number of rotatable bonds is 0. The summed E-state index contributed by atoms with van der Waals surface area (Å²) >= 11 is 0. The summed E-state index contributed by atoms with van der Waals surface area (Å²) in [6.45, 7) is 0. The lowest BCUT2D eigenvalue weighted by Crippen LogP contribution is -2.01. The molecule has 0 unspecified atom stereocenters. The molecular weight excluding hydrogens is 152 g/mol. The molecule has 2 rings (SSSR count). The molecule has 0 heterocycles. The first-order valence-corrected chi connectivity index (χ1v) is 3.65.